The molecule has 0 saturated carbocycles. The highest BCUT2D eigenvalue weighted by atomic mass is 15.1. The molecule has 0 amide bonds. The minimum Gasteiger partial charge on any atom is -0.334 e. The second kappa shape index (κ2) is 5.82. The number of rotatable bonds is 6. The zero-order chi connectivity index (χ0) is 13.0. The van der Waals surface area contributed by atoms with Crippen molar-refractivity contribution in [2.75, 3.05) is 6.54 Å². The van der Waals surface area contributed by atoms with E-state index in [1.54, 1.807) is 0 Å². The summed E-state index contributed by atoms with van der Waals surface area (Å²) >= 11 is 0. The van der Waals surface area contributed by atoms with Gasteiger partial charge in [-0.2, -0.15) is 5.10 Å². The zero-order valence-electron chi connectivity index (χ0n) is 11.3. The smallest absolute Gasteiger partial charge is 0.130 e. The first kappa shape index (κ1) is 12.8. The SMILES string of the molecule is CCCNC(c1cn[nH]c1C)c1nccn1CC. The van der Waals surface area contributed by atoms with Crippen molar-refractivity contribution < 1.29 is 0 Å². The zero-order valence-corrected chi connectivity index (χ0v) is 11.3. The van der Waals surface area contributed by atoms with Gasteiger partial charge in [-0.05, 0) is 26.8 Å². The Morgan fingerprint density at radius 1 is 1.44 bits per heavy atom. The van der Waals surface area contributed by atoms with Crippen molar-refractivity contribution in [1.82, 2.24) is 25.1 Å². The molecular formula is C13H21N5. The second-order valence-corrected chi connectivity index (χ2v) is 4.41. The Hall–Kier alpha value is -1.62. The molecule has 5 nitrogen and oxygen atoms in total. The Morgan fingerprint density at radius 3 is 2.89 bits per heavy atom. The fraction of sp³-hybridized carbons (Fsp3) is 0.538. The molecule has 18 heavy (non-hydrogen) atoms. The van der Waals surface area contributed by atoms with Gasteiger partial charge in [0.2, 0.25) is 0 Å². The summed E-state index contributed by atoms with van der Waals surface area (Å²) in [5, 5.41) is 10.7. The van der Waals surface area contributed by atoms with Crippen LogP contribution in [0.15, 0.2) is 18.6 Å². The largest absolute Gasteiger partial charge is 0.334 e. The van der Waals surface area contributed by atoms with Crippen molar-refractivity contribution in [1.29, 1.82) is 0 Å². The van der Waals surface area contributed by atoms with Gasteiger partial charge in [-0.1, -0.05) is 6.92 Å². The maximum atomic E-state index is 4.50. The highest BCUT2D eigenvalue weighted by Gasteiger charge is 2.20. The van der Waals surface area contributed by atoms with E-state index in [1.165, 1.54) is 5.56 Å². The van der Waals surface area contributed by atoms with Crippen LogP contribution in [-0.4, -0.2) is 26.3 Å². The summed E-state index contributed by atoms with van der Waals surface area (Å²) in [6.45, 7) is 8.23. The van der Waals surface area contributed by atoms with Gasteiger partial charge in [-0.25, -0.2) is 4.98 Å². The van der Waals surface area contributed by atoms with Crippen LogP contribution in [0.25, 0.3) is 0 Å². The van der Waals surface area contributed by atoms with Crippen LogP contribution in [0.2, 0.25) is 0 Å². The topological polar surface area (TPSA) is 58.5 Å². The Bertz CT molecular complexity index is 485. The van der Waals surface area contributed by atoms with Crippen molar-refractivity contribution >= 4 is 0 Å². The number of nitrogens with zero attached hydrogens (tertiary/aromatic N) is 3. The highest BCUT2D eigenvalue weighted by Crippen LogP contribution is 2.22. The first-order valence-corrected chi connectivity index (χ1v) is 6.52. The predicted molar refractivity (Wildman–Crippen MR) is 71.4 cm³/mol. The number of H-pyrrole nitrogens is 1. The number of aromatic nitrogens is 4. The average molecular weight is 247 g/mol. The van der Waals surface area contributed by atoms with Crippen molar-refractivity contribution in [2.45, 2.75) is 39.8 Å². The van der Waals surface area contributed by atoms with Gasteiger partial charge in [-0.3, -0.25) is 5.10 Å². The monoisotopic (exact) mass is 247 g/mol. The molecular weight excluding hydrogens is 226 g/mol. The molecule has 0 aliphatic heterocycles. The third-order valence-corrected chi connectivity index (χ3v) is 3.12. The molecule has 0 fully saturated rings. The van der Waals surface area contributed by atoms with E-state index in [9.17, 15) is 0 Å². The fourth-order valence-corrected chi connectivity index (χ4v) is 2.13. The van der Waals surface area contributed by atoms with E-state index in [2.05, 4.69) is 38.9 Å². The number of nitrogens with one attached hydrogen (secondary N) is 2. The molecule has 0 aromatic carbocycles. The minimum absolute atomic E-state index is 0.110. The van der Waals surface area contributed by atoms with Crippen LogP contribution in [-0.2, 0) is 6.54 Å². The predicted octanol–water partition coefficient (Wildman–Crippen LogP) is 2.02. The van der Waals surface area contributed by atoms with Crippen molar-refractivity contribution in [3.63, 3.8) is 0 Å². The first-order chi connectivity index (χ1) is 8.77. The van der Waals surface area contributed by atoms with Gasteiger partial charge in [0, 0.05) is 30.2 Å². The molecule has 98 valence electrons. The standard InChI is InChI=1S/C13H21N5/c1-4-6-14-12(11-9-16-17-10(11)3)13-15-7-8-18(13)5-2/h7-9,12,14H,4-6H2,1-3H3,(H,16,17). The molecule has 0 aliphatic carbocycles. The van der Waals surface area contributed by atoms with Crippen LogP contribution in [0.1, 0.15) is 43.4 Å². The molecule has 1 atom stereocenters. The molecule has 0 spiro atoms. The second-order valence-electron chi connectivity index (χ2n) is 4.41. The summed E-state index contributed by atoms with van der Waals surface area (Å²) in [6.07, 6.45) is 6.86. The summed E-state index contributed by atoms with van der Waals surface area (Å²) in [5.41, 5.74) is 2.26. The molecule has 1 unspecified atom stereocenters. The van der Waals surface area contributed by atoms with Crippen LogP contribution in [0.5, 0.6) is 0 Å². The maximum Gasteiger partial charge on any atom is 0.130 e. The molecule has 0 radical (unpaired) electrons. The Labute approximate surface area is 108 Å². The third-order valence-electron chi connectivity index (χ3n) is 3.12. The molecule has 0 bridgehead atoms. The van der Waals surface area contributed by atoms with E-state index in [1.807, 2.05) is 25.5 Å². The quantitative estimate of drug-likeness (QED) is 0.821. The number of aryl methyl sites for hydroxylation is 2. The Balaban J connectivity index is 2.34. The van der Waals surface area contributed by atoms with Gasteiger partial charge >= 0.3 is 0 Å². The van der Waals surface area contributed by atoms with Gasteiger partial charge in [0.15, 0.2) is 0 Å². The molecule has 2 N–H and O–H groups in total. The summed E-state index contributed by atoms with van der Waals surface area (Å²) in [6, 6.07) is 0.110. The molecule has 0 saturated heterocycles. The maximum absolute atomic E-state index is 4.50. The van der Waals surface area contributed by atoms with Crippen molar-refractivity contribution in [3.8, 4) is 0 Å². The highest BCUT2D eigenvalue weighted by molar-refractivity contribution is 5.26. The number of imidazole rings is 1. The van der Waals surface area contributed by atoms with E-state index in [4.69, 9.17) is 0 Å². The lowest BCUT2D eigenvalue weighted by Crippen LogP contribution is -2.26. The van der Waals surface area contributed by atoms with Gasteiger partial charge < -0.3 is 9.88 Å². The summed E-state index contributed by atoms with van der Waals surface area (Å²) in [7, 11) is 0. The van der Waals surface area contributed by atoms with E-state index < -0.39 is 0 Å². The van der Waals surface area contributed by atoms with Crippen molar-refractivity contribution in [2.24, 2.45) is 0 Å². The third kappa shape index (κ3) is 2.46. The molecule has 0 aliphatic rings. The fourth-order valence-electron chi connectivity index (χ4n) is 2.13. The first-order valence-electron chi connectivity index (χ1n) is 6.52. The molecule has 2 heterocycles. The van der Waals surface area contributed by atoms with Crippen molar-refractivity contribution in [3.05, 3.63) is 35.7 Å². The van der Waals surface area contributed by atoms with E-state index >= 15 is 0 Å². The molecule has 2 rings (SSSR count). The lowest BCUT2D eigenvalue weighted by atomic mass is 10.1. The van der Waals surface area contributed by atoms with Crippen LogP contribution >= 0.6 is 0 Å². The lowest BCUT2D eigenvalue weighted by Gasteiger charge is -2.18. The van der Waals surface area contributed by atoms with Crippen LogP contribution < -0.4 is 5.32 Å². The molecule has 5 heteroatoms. The van der Waals surface area contributed by atoms with E-state index in [0.717, 1.165) is 31.0 Å². The van der Waals surface area contributed by atoms with Crippen LogP contribution in [0.4, 0.5) is 0 Å². The van der Waals surface area contributed by atoms with E-state index in [0.29, 0.717) is 0 Å². The van der Waals surface area contributed by atoms with Gasteiger partial charge in [0.25, 0.3) is 0 Å². The molecule has 2 aromatic rings. The molecule has 2 aromatic heterocycles. The van der Waals surface area contributed by atoms with Gasteiger partial charge in [0.05, 0.1) is 12.2 Å². The Morgan fingerprint density at radius 2 is 2.28 bits per heavy atom. The minimum atomic E-state index is 0.110. The number of aromatic amines is 1. The van der Waals surface area contributed by atoms with Crippen LogP contribution in [0, 0.1) is 6.92 Å². The normalized spacial score (nSPS) is 12.8. The lowest BCUT2D eigenvalue weighted by molar-refractivity contribution is 0.540. The number of hydrogen-bond acceptors (Lipinski definition) is 3. The van der Waals surface area contributed by atoms with Gasteiger partial charge in [0.1, 0.15) is 5.82 Å². The van der Waals surface area contributed by atoms with Gasteiger partial charge in [-0.15, -0.1) is 0 Å². The van der Waals surface area contributed by atoms with Crippen LogP contribution in [0.3, 0.4) is 0 Å². The summed E-state index contributed by atoms with van der Waals surface area (Å²) < 4.78 is 2.17. The summed E-state index contributed by atoms with van der Waals surface area (Å²) in [4.78, 5) is 4.50. The van der Waals surface area contributed by atoms with E-state index in [-0.39, 0.29) is 6.04 Å². The average Bonchev–Trinajstić information content (AvgIpc) is 2.99. The Kier molecular flexibility index (Phi) is 4.15. The summed E-state index contributed by atoms with van der Waals surface area (Å²) in [5.74, 6) is 1.05. The number of hydrogen-bond donors (Lipinski definition) is 2.